The largest absolute Gasteiger partial charge is 0.339 e. The van der Waals surface area contributed by atoms with Gasteiger partial charge in [-0.1, -0.05) is 30.3 Å². The van der Waals surface area contributed by atoms with Crippen LogP contribution in [0.15, 0.2) is 54.6 Å². The standard InChI is InChI=1S/C24H24N2O2S/c1-3-26(4-2)24(28)18-9-7-10-19(14-18)25-23(27)21-15-17-13-12-16-8-5-6-11-20(16)22(17)29-21/h5-11,14-15H,3-4,12-13H2,1-2H3,(H,25,27). The smallest absolute Gasteiger partial charge is 0.265 e. The van der Waals surface area contributed by atoms with Gasteiger partial charge in [0, 0.05) is 29.2 Å². The fourth-order valence-electron chi connectivity index (χ4n) is 3.80. The summed E-state index contributed by atoms with van der Waals surface area (Å²) in [7, 11) is 0. The quantitative estimate of drug-likeness (QED) is 0.631. The molecule has 2 aromatic carbocycles. The van der Waals surface area contributed by atoms with Crippen molar-refractivity contribution in [3.05, 3.63) is 76.2 Å². The van der Waals surface area contributed by atoms with E-state index in [1.807, 2.05) is 38.1 Å². The van der Waals surface area contributed by atoms with Gasteiger partial charge < -0.3 is 10.2 Å². The molecule has 0 unspecified atom stereocenters. The number of rotatable bonds is 5. The lowest BCUT2D eigenvalue weighted by Crippen LogP contribution is -2.30. The van der Waals surface area contributed by atoms with Crippen LogP contribution in [0.2, 0.25) is 0 Å². The molecule has 1 aliphatic carbocycles. The third kappa shape index (κ3) is 3.83. The van der Waals surface area contributed by atoms with E-state index in [2.05, 4.69) is 23.5 Å². The Morgan fingerprint density at radius 2 is 1.72 bits per heavy atom. The van der Waals surface area contributed by atoms with Crippen LogP contribution >= 0.6 is 11.3 Å². The topological polar surface area (TPSA) is 49.4 Å². The molecule has 0 spiro atoms. The van der Waals surface area contributed by atoms with Crippen LogP contribution in [0.5, 0.6) is 0 Å². The minimum absolute atomic E-state index is 0.0192. The van der Waals surface area contributed by atoms with Gasteiger partial charge in [-0.2, -0.15) is 0 Å². The number of carbonyl (C=O) groups is 2. The van der Waals surface area contributed by atoms with Gasteiger partial charge in [-0.15, -0.1) is 11.3 Å². The summed E-state index contributed by atoms with van der Waals surface area (Å²) in [5.74, 6) is -0.149. The van der Waals surface area contributed by atoms with Crippen LogP contribution in [0.3, 0.4) is 0 Å². The summed E-state index contributed by atoms with van der Waals surface area (Å²) in [5, 5.41) is 2.96. The molecule has 0 saturated heterocycles. The van der Waals surface area contributed by atoms with Crippen LogP contribution in [-0.2, 0) is 12.8 Å². The number of hydrogen-bond acceptors (Lipinski definition) is 3. The monoisotopic (exact) mass is 404 g/mol. The number of aryl methyl sites for hydroxylation is 2. The molecule has 0 saturated carbocycles. The van der Waals surface area contributed by atoms with E-state index >= 15 is 0 Å². The van der Waals surface area contributed by atoms with E-state index < -0.39 is 0 Å². The number of nitrogens with one attached hydrogen (secondary N) is 1. The van der Waals surface area contributed by atoms with Crippen molar-refractivity contribution < 1.29 is 9.59 Å². The van der Waals surface area contributed by atoms with Crippen LogP contribution in [-0.4, -0.2) is 29.8 Å². The van der Waals surface area contributed by atoms with Crippen molar-refractivity contribution in [2.45, 2.75) is 26.7 Å². The molecule has 1 heterocycles. The highest BCUT2D eigenvalue weighted by molar-refractivity contribution is 7.17. The molecule has 1 aromatic heterocycles. The van der Waals surface area contributed by atoms with Gasteiger partial charge in [0.2, 0.25) is 0 Å². The summed E-state index contributed by atoms with van der Waals surface area (Å²) >= 11 is 1.54. The van der Waals surface area contributed by atoms with Gasteiger partial charge >= 0.3 is 0 Å². The van der Waals surface area contributed by atoms with Gasteiger partial charge in [-0.05, 0) is 67.6 Å². The van der Waals surface area contributed by atoms with E-state index in [0.717, 1.165) is 12.8 Å². The van der Waals surface area contributed by atoms with Crippen molar-refractivity contribution in [2.24, 2.45) is 0 Å². The zero-order valence-electron chi connectivity index (χ0n) is 16.7. The first-order chi connectivity index (χ1) is 14.1. The summed E-state index contributed by atoms with van der Waals surface area (Å²) in [6.45, 7) is 5.25. The van der Waals surface area contributed by atoms with Crippen LogP contribution in [0.25, 0.3) is 10.4 Å². The van der Waals surface area contributed by atoms with E-state index in [4.69, 9.17) is 0 Å². The number of benzene rings is 2. The Bertz CT molecular complexity index is 1070. The summed E-state index contributed by atoms with van der Waals surface area (Å²) < 4.78 is 0. The maximum atomic E-state index is 12.9. The average molecular weight is 405 g/mol. The summed E-state index contributed by atoms with van der Waals surface area (Å²) in [6, 6.07) is 17.6. The van der Waals surface area contributed by atoms with E-state index in [-0.39, 0.29) is 11.8 Å². The second kappa shape index (κ2) is 8.21. The van der Waals surface area contributed by atoms with Crippen molar-refractivity contribution >= 4 is 28.8 Å². The SMILES string of the molecule is CCN(CC)C(=O)c1cccc(NC(=O)c2cc3c(s2)-c2ccccc2CC3)c1. The van der Waals surface area contributed by atoms with Crippen molar-refractivity contribution in [3.8, 4) is 10.4 Å². The van der Waals surface area contributed by atoms with Crippen LogP contribution < -0.4 is 5.32 Å². The Labute approximate surface area is 175 Å². The van der Waals surface area contributed by atoms with Gasteiger partial charge in [0.05, 0.1) is 4.88 Å². The molecule has 0 fully saturated rings. The van der Waals surface area contributed by atoms with Crippen LogP contribution in [0.1, 0.15) is 45.0 Å². The number of carbonyl (C=O) groups excluding carboxylic acids is 2. The van der Waals surface area contributed by atoms with E-state index in [9.17, 15) is 9.59 Å². The van der Waals surface area contributed by atoms with Gasteiger partial charge in [-0.25, -0.2) is 0 Å². The van der Waals surface area contributed by atoms with Gasteiger partial charge in [0.1, 0.15) is 0 Å². The van der Waals surface area contributed by atoms with E-state index in [0.29, 0.717) is 29.2 Å². The fraction of sp³-hybridized carbons (Fsp3) is 0.250. The predicted molar refractivity (Wildman–Crippen MR) is 119 cm³/mol. The Balaban J connectivity index is 1.55. The molecule has 0 atom stereocenters. The predicted octanol–water partition coefficient (Wildman–Crippen LogP) is 5.25. The first-order valence-electron chi connectivity index (χ1n) is 10.0. The second-order valence-electron chi connectivity index (χ2n) is 7.13. The van der Waals surface area contributed by atoms with Crippen LogP contribution in [0.4, 0.5) is 5.69 Å². The van der Waals surface area contributed by atoms with Crippen molar-refractivity contribution in [3.63, 3.8) is 0 Å². The highest BCUT2D eigenvalue weighted by Gasteiger charge is 2.21. The van der Waals surface area contributed by atoms with Crippen molar-refractivity contribution in [1.29, 1.82) is 0 Å². The second-order valence-corrected chi connectivity index (χ2v) is 8.19. The fourth-order valence-corrected chi connectivity index (χ4v) is 4.97. The Hall–Kier alpha value is -2.92. The molecular formula is C24H24N2O2S. The summed E-state index contributed by atoms with van der Waals surface area (Å²) in [6.07, 6.45) is 1.97. The minimum Gasteiger partial charge on any atom is -0.339 e. The number of thiophene rings is 1. The number of amides is 2. The van der Waals surface area contributed by atoms with E-state index in [1.165, 1.54) is 21.6 Å². The number of fused-ring (bicyclic) bond motifs is 3. The first-order valence-corrected chi connectivity index (χ1v) is 10.8. The van der Waals surface area contributed by atoms with Gasteiger partial charge in [0.25, 0.3) is 11.8 Å². The molecule has 0 radical (unpaired) electrons. The molecule has 29 heavy (non-hydrogen) atoms. The lowest BCUT2D eigenvalue weighted by molar-refractivity contribution is 0.0772. The highest BCUT2D eigenvalue weighted by atomic mass is 32.1. The summed E-state index contributed by atoms with van der Waals surface area (Å²) in [5.41, 5.74) is 5.05. The number of nitrogens with zero attached hydrogens (tertiary/aromatic N) is 1. The molecule has 4 nitrogen and oxygen atoms in total. The molecule has 0 bridgehead atoms. The summed E-state index contributed by atoms with van der Waals surface area (Å²) in [4.78, 5) is 29.1. The molecule has 4 rings (SSSR count). The normalized spacial score (nSPS) is 12.1. The minimum atomic E-state index is -0.130. The number of hydrogen-bond donors (Lipinski definition) is 1. The molecule has 148 valence electrons. The van der Waals surface area contributed by atoms with Crippen molar-refractivity contribution in [2.75, 3.05) is 18.4 Å². The van der Waals surface area contributed by atoms with Crippen LogP contribution in [0, 0.1) is 0 Å². The first kappa shape index (κ1) is 19.4. The average Bonchev–Trinajstić information content (AvgIpc) is 3.20. The molecule has 3 aromatic rings. The molecular weight excluding hydrogens is 380 g/mol. The lowest BCUT2D eigenvalue weighted by Gasteiger charge is -2.18. The molecule has 5 heteroatoms. The zero-order valence-corrected chi connectivity index (χ0v) is 17.5. The zero-order chi connectivity index (χ0) is 20.4. The molecule has 1 aliphatic rings. The van der Waals surface area contributed by atoms with Crippen molar-refractivity contribution in [1.82, 2.24) is 4.90 Å². The molecule has 2 amide bonds. The molecule has 0 aliphatic heterocycles. The highest BCUT2D eigenvalue weighted by Crippen LogP contribution is 2.39. The third-order valence-corrected chi connectivity index (χ3v) is 6.59. The third-order valence-electron chi connectivity index (χ3n) is 5.38. The number of anilines is 1. The van der Waals surface area contributed by atoms with E-state index in [1.54, 1.807) is 28.4 Å². The Kier molecular flexibility index (Phi) is 5.49. The Morgan fingerprint density at radius 3 is 2.52 bits per heavy atom. The maximum absolute atomic E-state index is 12.9. The lowest BCUT2D eigenvalue weighted by atomic mass is 9.91. The Morgan fingerprint density at radius 1 is 0.966 bits per heavy atom. The van der Waals surface area contributed by atoms with Gasteiger partial charge in [0.15, 0.2) is 0 Å². The maximum Gasteiger partial charge on any atom is 0.265 e. The van der Waals surface area contributed by atoms with Gasteiger partial charge in [-0.3, -0.25) is 9.59 Å². The molecule has 1 N–H and O–H groups in total.